The minimum Gasteiger partial charge on any atom is -0.344 e. The highest BCUT2D eigenvalue weighted by molar-refractivity contribution is 7.89. The zero-order valence-corrected chi connectivity index (χ0v) is 18.4. The van der Waals surface area contributed by atoms with Crippen LogP contribution in [0, 0.1) is 17.2 Å². The van der Waals surface area contributed by atoms with Crippen LogP contribution in [-0.2, 0) is 20.4 Å². The van der Waals surface area contributed by atoms with E-state index in [1.807, 2.05) is 41.2 Å². The van der Waals surface area contributed by atoms with E-state index in [1.165, 1.54) is 4.31 Å². The molecule has 4 heterocycles. The molecule has 1 saturated heterocycles. The van der Waals surface area contributed by atoms with Crippen LogP contribution < -0.4 is 5.32 Å². The number of fused-ring (bicyclic) bond motifs is 1. The number of carbonyl (C=O) groups excluding carboxylic acids is 1. The van der Waals surface area contributed by atoms with Gasteiger partial charge >= 0.3 is 0 Å². The molecule has 0 atom stereocenters. The average Bonchev–Trinajstić information content (AvgIpc) is 3.34. The minimum atomic E-state index is -3.29. The Morgan fingerprint density at radius 1 is 1.31 bits per heavy atom. The van der Waals surface area contributed by atoms with Gasteiger partial charge in [0.2, 0.25) is 21.9 Å². The van der Waals surface area contributed by atoms with E-state index < -0.39 is 15.6 Å². The Hall–Kier alpha value is -3.23. The first-order valence-corrected chi connectivity index (χ1v) is 12.2. The Morgan fingerprint density at radius 2 is 2.09 bits per heavy atom. The number of hydrogen-bond acceptors (Lipinski definition) is 6. The number of sulfonamides is 1. The summed E-state index contributed by atoms with van der Waals surface area (Å²) in [5, 5.41) is 16.6. The molecule has 10 nitrogen and oxygen atoms in total. The van der Waals surface area contributed by atoms with Crippen LogP contribution in [0.3, 0.4) is 0 Å². The molecule has 1 aliphatic heterocycles. The zero-order valence-electron chi connectivity index (χ0n) is 17.6. The fourth-order valence-electron chi connectivity index (χ4n) is 4.08. The van der Waals surface area contributed by atoms with Crippen molar-refractivity contribution in [1.82, 2.24) is 23.5 Å². The summed E-state index contributed by atoms with van der Waals surface area (Å²) >= 11 is 0. The van der Waals surface area contributed by atoms with E-state index >= 15 is 0 Å². The van der Waals surface area contributed by atoms with Gasteiger partial charge in [-0.15, -0.1) is 5.10 Å². The van der Waals surface area contributed by atoms with Crippen molar-refractivity contribution in [2.75, 3.05) is 24.2 Å². The third-order valence-electron chi connectivity index (χ3n) is 6.19. The van der Waals surface area contributed by atoms with Crippen LogP contribution in [0.15, 0.2) is 36.7 Å². The fourth-order valence-corrected chi connectivity index (χ4v) is 5.32. The van der Waals surface area contributed by atoms with E-state index in [0.29, 0.717) is 5.65 Å². The molecule has 3 aromatic rings. The fraction of sp³-hybridized carbons (Fsp3) is 0.429. The van der Waals surface area contributed by atoms with Gasteiger partial charge in [0.1, 0.15) is 0 Å². The Kier molecular flexibility index (Phi) is 4.79. The molecule has 0 bridgehead atoms. The van der Waals surface area contributed by atoms with E-state index in [4.69, 9.17) is 0 Å². The third-order valence-corrected chi connectivity index (χ3v) is 7.96. The number of amides is 1. The number of carbonyl (C=O) groups is 1. The summed E-state index contributed by atoms with van der Waals surface area (Å²) in [6, 6.07) is 9.70. The molecule has 1 saturated carbocycles. The molecule has 2 aliphatic rings. The molecule has 166 valence electrons. The number of nitriles is 1. The molecule has 0 unspecified atom stereocenters. The van der Waals surface area contributed by atoms with Gasteiger partial charge in [-0.25, -0.2) is 12.9 Å². The summed E-state index contributed by atoms with van der Waals surface area (Å²) in [4.78, 5) is 16.5. The molecule has 32 heavy (non-hydrogen) atoms. The Labute approximate surface area is 185 Å². The molecule has 3 aromatic heterocycles. The van der Waals surface area contributed by atoms with E-state index in [9.17, 15) is 18.5 Å². The topological polar surface area (TPSA) is 125 Å². The zero-order chi connectivity index (χ0) is 22.5. The summed E-state index contributed by atoms with van der Waals surface area (Å²) in [6.45, 7) is 2.17. The third kappa shape index (κ3) is 3.45. The van der Waals surface area contributed by atoms with Crippen molar-refractivity contribution in [3.05, 3.63) is 36.7 Å². The van der Waals surface area contributed by atoms with Gasteiger partial charge in [-0.3, -0.25) is 10.1 Å². The van der Waals surface area contributed by atoms with Gasteiger partial charge in [0, 0.05) is 37.0 Å². The smallest absolute Gasteiger partial charge is 0.249 e. The van der Waals surface area contributed by atoms with Crippen molar-refractivity contribution >= 4 is 27.5 Å². The lowest BCUT2D eigenvalue weighted by Crippen LogP contribution is -2.63. The van der Waals surface area contributed by atoms with Gasteiger partial charge in [-0.2, -0.15) is 14.6 Å². The number of hydrogen-bond donors (Lipinski definition) is 1. The lowest BCUT2D eigenvalue weighted by molar-refractivity contribution is -0.117. The second kappa shape index (κ2) is 7.43. The van der Waals surface area contributed by atoms with Crippen LogP contribution in [0.2, 0.25) is 0 Å². The molecule has 0 radical (unpaired) electrons. The number of aromatic nitrogens is 4. The van der Waals surface area contributed by atoms with Crippen molar-refractivity contribution < 1.29 is 13.2 Å². The normalized spacial score (nSPS) is 18.2. The molecule has 1 amide bonds. The molecule has 0 spiro atoms. The van der Waals surface area contributed by atoms with Gasteiger partial charge in [-0.1, -0.05) is 6.07 Å². The SMILES string of the molecule is CCS(=O)(=O)N1CC(CC#N)(n2ccc(-c3cccc4nc(NC(=O)C5CC5)nn34)c2)C1. The van der Waals surface area contributed by atoms with Crippen LogP contribution in [0.1, 0.15) is 26.2 Å². The highest BCUT2D eigenvalue weighted by Crippen LogP contribution is 2.36. The van der Waals surface area contributed by atoms with Crippen LogP contribution in [0.25, 0.3) is 16.9 Å². The lowest BCUT2D eigenvalue weighted by Gasteiger charge is -2.48. The molecule has 2 fully saturated rings. The van der Waals surface area contributed by atoms with Gasteiger partial charge in [0.05, 0.1) is 29.5 Å². The predicted molar refractivity (Wildman–Crippen MR) is 117 cm³/mol. The first-order chi connectivity index (χ1) is 15.3. The summed E-state index contributed by atoms with van der Waals surface area (Å²) in [5.41, 5.74) is 1.66. The minimum absolute atomic E-state index is 0.0421. The van der Waals surface area contributed by atoms with E-state index in [-0.39, 0.29) is 43.0 Å². The van der Waals surface area contributed by atoms with Crippen molar-refractivity contribution in [3.8, 4) is 17.3 Å². The monoisotopic (exact) mass is 453 g/mol. The van der Waals surface area contributed by atoms with Crippen molar-refractivity contribution in [3.63, 3.8) is 0 Å². The van der Waals surface area contributed by atoms with Gasteiger partial charge in [-0.05, 0) is 38.0 Å². The Balaban J connectivity index is 1.44. The summed E-state index contributed by atoms with van der Waals surface area (Å²) in [6.07, 6.45) is 5.79. The van der Waals surface area contributed by atoms with Gasteiger partial charge in [0.25, 0.3) is 0 Å². The second-order valence-electron chi connectivity index (χ2n) is 8.42. The average molecular weight is 454 g/mol. The number of anilines is 1. The lowest BCUT2D eigenvalue weighted by atomic mass is 9.89. The van der Waals surface area contributed by atoms with Crippen LogP contribution in [-0.4, -0.2) is 56.6 Å². The second-order valence-corrected chi connectivity index (χ2v) is 10.7. The summed E-state index contributed by atoms with van der Waals surface area (Å²) in [5.74, 6) is 0.322. The highest BCUT2D eigenvalue weighted by Gasteiger charge is 2.48. The molecular weight excluding hydrogens is 430 g/mol. The summed E-state index contributed by atoms with van der Waals surface area (Å²) in [7, 11) is -3.29. The van der Waals surface area contributed by atoms with Crippen LogP contribution in [0.5, 0.6) is 0 Å². The standard InChI is InChI=1S/C21H23N7O3S/c1-2-32(30,31)27-13-21(14-27,9-10-22)26-11-8-16(12-26)17-4-3-5-18-23-20(25-28(17)18)24-19(29)15-6-7-15/h3-5,8,11-12,15H,2,6-7,9,13-14H2,1H3,(H,24,25,29). The Morgan fingerprint density at radius 3 is 2.78 bits per heavy atom. The number of nitrogens with one attached hydrogen (secondary N) is 1. The van der Waals surface area contributed by atoms with Crippen molar-refractivity contribution in [1.29, 1.82) is 5.26 Å². The van der Waals surface area contributed by atoms with Crippen molar-refractivity contribution in [2.45, 2.75) is 31.7 Å². The maximum atomic E-state index is 12.2. The van der Waals surface area contributed by atoms with Crippen LogP contribution in [0.4, 0.5) is 5.95 Å². The van der Waals surface area contributed by atoms with E-state index in [0.717, 1.165) is 24.1 Å². The van der Waals surface area contributed by atoms with Gasteiger partial charge < -0.3 is 4.57 Å². The van der Waals surface area contributed by atoms with Crippen molar-refractivity contribution in [2.24, 2.45) is 5.92 Å². The quantitative estimate of drug-likeness (QED) is 0.582. The molecule has 5 rings (SSSR count). The maximum absolute atomic E-state index is 12.2. The number of nitrogens with zero attached hydrogens (tertiary/aromatic N) is 6. The van der Waals surface area contributed by atoms with E-state index in [2.05, 4.69) is 21.5 Å². The molecule has 11 heteroatoms. The molecule has 1 aliphatic carbocycles. The van der Waals surface area contributed by atoms with Gasteiger partial charge in [0.15, 0.2) is 5.65 Å². The molecule has 0 aromatic carbocycles. The first-order valence-electron chi connectivity index (χ1n) is 10.6. The summed E-state index contributed by atoms with van der Waals surface area (Å²) < 4.78 is 29.4. The number of pyridine rings is 1. The predicted octanol–water partition coefficient (Wildman–Crippen LogP) is 1.82. The Bertz CT molecular complexity index is 1340. The largest absolute Gasteiger partial charge is 0.344 e. The highest BCUT2D eigenvalue weighted by atomic mass is 32.2. The first kappa shape index (κ1) is 20.7. The van der Waals surface area contributed by atoms with Crippen LogP contribution >= 0.6 is 0 Å². The van der Waals surface area contributed by atoms with E-state index in [1.54, 1.807) is 11.4 Å². The number of rotatable bonds is 7. The molecular formula is C21H23N7O3S. The maximum Gasteiger partial charge on any atom is 0.249 e. The molecule has 1 N–H and O–H groups in total.